The first-order valence-corrected chi connectivity index (χ1v) is 10.4. The number of nitrogens with zero attached hydrogens (tertiary/aromatic N) is 1. The average Bonchev–Trinajstić information content (AvgIpc) is 3.03. The number of rotatable bonds is 7. The van der Waals surface area contributed by atoms with Crippen LogP contribution in [0.3, 0.4) is 0 Å². The van der Waals surface area contributed by atoms with E-state index in [4.69, 9.17) is 4.74 Å². The summed E-state index contributed by atoms with van der Waals surface area (Å²) >= 11 is 0.991. The van der Waals surface area contributed by atoms with E-state index < -0.39 is 23.4 Å². The minimum atomic E-state index is -1.50. The van der Waals surface area contributed by atoms with Gasteiger partial charge in [-0.2, -0.15) is 0 Å². The third-order valence-corrected chi connectivity index (χ3v) is 6.14. The minimum absolute atomic E-state index is 0.233. The monoisotopic (exact) mass is 421 g/mol. The van der Waals surface area contributed by atoms with E-state index in [1.165, 1.54) is 0 Å². The zero-order valence-electron chi connectivity index (χ0n) is 16.3. The number of amides is 2. The van der Waals surface area contributed by atoms with E-state index in [1.54, 1.807) is 55.6 Å². The van der Waals surface area contributed by atoms with Crippen molar-refractivity contribution in [1.29, 1.82) is 0 Å². The predicted octanol–water partition coefficient (Wildman–Crippen LogP) is 4.99. The Kier molecular flexibility index (Phi) is 5.86. The molecule has 0 spiro atoms. The largest absolute Gasteiger partial charge is 0.497 e. The molecule has 2 amide bonds. The summed E-state index contributed by atoms with van der Waals surface area (Å²) in [5.74, 6) is -0.222. The fourth-order valence-corrected chi connectivity index (χ4v) is 4.46. The summed E-state index contributed by atoms with van der Waals surface area (Å²) in [5.41, 5.74) is 0.00210. The van der Waals surface area contributed by atoms with Crippen LogP contribution >= 0.6 is 11.8 Å². The number of carbonyl (C=O) groups excluding carboxylic acids is 2. The maximum Gasteiger partial charge on any atom is 0.261 e. The quantitative estimate of drug-likeness (QED) is 0.398. The lowest BCUT2D eigenvalue weighted by Gasteiger charge is -2.29. The van der Waals surface area contributed by atoms with Gasteiger partial charge >= 0.3 is 0 Å². The highest BCUT2D eigenvalue weighted by Gasteiger charge is 2.43. The molecule has 0 saturated carbocycles. The van der Waals surface area contributed by atoms with Gasteiger partial charge < -0.3 is 4.74 Å². The molecule has 0 aliphatic carbocycles. The highest BCUT2D eigenvalue weighted by molar-refractivity contribution is 7.99. The Morgan fingerprint density at radius 1 is 0.867 bits per heavy atom. The molecule has 0 aromatic heterocycles. The van der Waals surface area contributed by atoms with Gasteiger partial charge in [0.1, 0.15) is 5.75 Å². The molecule has 0 saturated heterocycles. The average molecular weight is 421 g/mol. The first-order valence-electron chi connectivity index (χ1n) is 9.54. The number of imide groups is 1. The number of halogens is 1. The molecule has 0 N–H and O–H groups in total. The van der Waals surface area contributed by atoms with Gasteiger partial charge in [-0.05, 0) is 48.4 Å². The van der Waals surface area contributed by atoms with Crippen molar-refractivity contribution in [2.75, 3.05) is 7.11 Å². The summed E-state index contributed by atoms with van der Waals surface area (Å²) in [4.78, 5) is 27.8. The molecule has 4 rings (SSSR count). The highest BCUT2D eigenvalue weighted by atomic mass is 32.2. The molecule has 1 aliphatic rings. The molecule has 3 aromatic rings. The van der Waals surface area contributed by atoms with Crippen LogP contribution in [0.1, 0.15) is 26.3 Å². The predicted molar refractivity (Wildman–Crippen MR) is 115 cm³/mol. The maximum atomic E-state index is 15.6. The van der Waals surface area contributed by atoms with Crippen LogP contribution in [0.4, 0.5) is 4.39 Å². The van der Waals surface area contributed by atoms with Crippen LogP contribution in [0, 0.1) is 0 Å². The van der Waals surface area contributed by atoms with Gasteiger partial charge in [0.25, 0.3) is 11.8 Å². The summed E-state index contributed by atoms with van der Waals surface area (Å²) in [5, 5.41) is 0. The first kappa shape index (κ1) is 20.2. The minimum Gasteiger partial charge on any atom is -0.497 e. The lowest BCUT2D eigenvalue weighted by molar-refractivity contribution is 0.0543. The Morgan fingerprint density at radius 3 is 2.00 bits per heavy atom. The molecule has 0 bridgehead atoms. The van der Waals surface area contributed by atoms with Crippen molar-refractivity contribution >= 4 is 23.6 Å². The van der Waals surface area contributed by atoms with Crippen LogP contribution in [-0.4, -0.2) is 35.4 Å². The summed E-state index contributed by atoms with van der Waals surface area (Å²) in [6.45, 7) is 0. The van der Waals surface area contributed by atoms with Gasteiger partial charge in [-0.15, -0.1) is 0 Å². The number of hydrogen-bond donors (Lipinski definition) is 0. The van der Waals surface area contributed by atoms with Crippen molar-refractivity contribution in [1.82, 2.24) is 4.90 Å². The lowest BCUT2D eigenvalue weighted by Crippen LogP contribution is -2.45. The Labute approximate surface area is 178 Å². The highest BCUT2D eigenvalue weighted by Crippen LogP contribution is 2.35. The third-order valence-electron chi connectivity index (χ3n) is 5.06. The lowest BCUT2D eigenvalue weighted by atomic mass is 10.1. The summed E-state index contributed by atoms with van der Waals surface area (Å²) in [7, 11) is 1.57. The van der Waals surface area contributed by atoms with Gasteiger partial charge in [-0.1, -0.05) is 54.2 Å². The van der Waals surface area contributed by atoms with Gasteiger partial charge in [0.2, 0.25) is 0 Å². The summed E-state index contributed by atoms with van der Waals surface area (Å²) < 4.78 is 20.8. The SMILES string of the molecule is COc1ccc(SC(F)[C@H](Cc2ccccc2)N2C(=O)c3ccccc3C2=O)cc1. The Bertz CT molecular complexity index is 1020. The second-order valence-electron chi connectivity index (χ2n) is 6.93. The van der Waals surface area contributed by atoms with Crippen molar-refractivity contribution in [3.05, 3.63) is 95.6 Å². The van der Waals surface area contributed by atoms with E-state index in [9.17, 15) is 9.59 Å². The number of fused-ring (bicyclic) bond motifs is 1. The van der Waals surface area contributed by atoms with Crippen molar-refractivity contribution in [3.63, 3.8) is 0 Å². The molecule has 152 valence electrons. The van der Waals surface area contributed by atoms with Gasteiger partial charge in [0, 0.05) is 4.90 Å². The smallest absolute Gasteiger partial charge is 0.261 e. The van der Waals surface area contributed by atoms with Crippen LogP contribution in [0.5, 0.6) is 5.75 Å². The van der Waals surface area contributed by atoms with Crippen LogP contribution in [-0.2, 0) is 6.42 Å². The number of alkyl halides is 1. The molecule has 4 nitrogen and oxygen atoms in total. The van der Waals surface area contributed by atoms with Crippen molar-refractivity contribution in [2.24, 2.45) is 0 Å². The zero-order valence-corrected chi connectivity index (χ0v) is 17.1. The number of thioether (sulfide) groups is 1. The Hall–Kier alpha value is -3.12. The molecule has 2 atom stereocenters. The maximum absolute atomic E-state index is 15.6. The fraction of sp³-hybridized carbons (Fsp3) is 0.167. The van der Waals surface area contributed by atoms with Gasteiger partial charge in [0.05, 0.1) is 24.3 Å². The van der Waals surface area contributed by atoms with Crippen LogP contribution in [0.25, 0.3) is 0 Å². The Balaban J connectivity index is 1.64. The second-order valence-corrected chi connectivity index (χ2v) is 8.08. The van der Waals surface area contributed by atoms with Crippen LogP contribution < -0.4 is 4.74 Å². The van der Waals surface area contributed by atoms with Crippen molar-refractivity contribution < 1.29 is 18.7 Å². The topological polar surface area (TPSA) is 46.6 Å². The number of benzene rings is 3. The van der Waals surface area contributed by atoms with Crippen molar-refractivity contribution in [3.8, 4) is 5.75 Å². The van der Waals surface area contributed by atoms with E-state index >= 15 is 4.39 Å². The van der Waals surface area contributed by atoms with Gasteiger partial charge in [-0.3, -0.25) is 14.5 Å². The molecular formula is C24H20FNO3S. The third kappa shape index (κ3) is 3.96. The molecule has 30 heavy (non-hydrogen) atoms. The zero-order chi connectivity index (χ0) is 21.1. The van der Waals surface area contributed by atoms with Crippen molar-refractivity contribution in [2.45, 2.75) is 22.9 Å². The summed E-state index contributed by atoms with van der Waals surface area (Å²) in [6.07, 6.45) is 0.233. The molecule has 6 heteroatoms. The fourth-order valence-electron chi connectivity index (χ4n) is 3.53. The molecular weight excluding hydrogens is 401 g/mol. The molecule has 1 unspecified atom stereocenters. The van der Waals surface area contributed by atoms with E-state index in [1.807, 2.05) is 30.3 Å². The molecule has 1 aliphatic heterocycles. The van der Waals surface area contributed by atoms with Gasteiger partial charge in [0.15, 0.2) is 5.50 Å². The Morgan fingerprint density at radius 2 is 1.43 bits per heavy atom. The molecule has 1 heterocycles. The number of carbonyl (C=O) groups is 2. The number of methoxy groups -OCH3 is 1. The van der Waals surface area contributed by atoms with E-state index in [0.717, 1.165) is 22.2 Å². The molecule has 0 fully saturated rings. The molecule has 3 aromatic carbocycles. The van der Waals surface area contributed by atoms with E-state index in [0.29, 0.717) is 21.8 Å². The van der Waals surface area contributed by atoms with E-state index in [-0.39, 0.29) is 6.42 Å². The van der Waals surface area contributed by atoms with Crippen LogP contribution in [0.2, 0.25) is 0 Å². The molecule has 0 radical (unpaired) electrons. The normalized spacial score (nSPS) is 15.1. The van der Waals surface area contributed by atoms with Crippen LogP contribution in [0.15, 0.2) is 83.8 Å². The first-order chi connectivity index (χ1) is 14.6. The van der Waals surface area contributed by atoms with Gasteiger partial charge in [-0.25, -0.2) is 4.39 Å². The number of ether oxygens (including phenoxy) is 1. The standard InChI is InChI=1S/C24H20FNO3S/c1-29-17-11-13-18(14-12-17)30-22(25)21(15-16-7-3-2-4-8-16)26-23(27)19-9-5-6-10-20(19)24(26)28/h2-14,21-22H,15H2,1H3/t21-,22?/m0/s1. The second kappa shape index (κ2) is 8.71. The van der Waals surface area contributed by atoms with E-state index in [2.05, 4.69) is 0 Å². The summed E-state index contributed by atoms with van der Waals surface area (Å²) in [6, 6.07) is 22.1. The number of hydrogen-bond acceptors (Lipinski definition) is 4.